The molecule has 0 spiro atoms. The molecule has 0 aliphatic carbocycles. The van der Waals surface area contributed by atoms with E-state index in [2.05, 4.69) is 34.7 Å². The van der Waals surface area contributed by atoms with Gasteiger partial charge in [0.15, 0.2) is 17.5 Å². The number of halogens is 1. The van der Waals surface area contributed by atoms with Crippen LogP contribution in [0.15, 0.2) is 53.5 Å². The Bertz CT molecular complexity index is 1020. The second kappa shape index (κ2) is 11.6. The number of aliphatic imine (C=N–C) groups is 1. The number of nitrogens with one attached hydrogen (secondary N) is 2. The molecule has 3 rings (SSSR count). The summed E-state index contributed by atoms with van der Waals surface area (Å²) < 4.78 is 13.0. The Kier molecular flexibility index (Phi) is 9.17. The number of rotatable bonds is 7. The van der Waals surface area contributed by atoms with E-state index in [1.54, 1.807) is 14.2 Å². The minimum atomic E-state index is 0. The van der Waals surface area contributed by atoms with Crippen LogP contribution in [-0.2, 0) is 6.54 Å². The van der Waals surface area contributed by atoms with Gasteiger partial charge in [-0.1, -0.05) is 18.2 Å². The summed E-state index contributed by atoms with van der Waals surface area (Å²) in [4.78, 5) is 4.34. The van der Waals surface area contributed by atoms with Gasteiger partial charge < -0.3 is 20.1 Å². The molecule has 0 unspecified atom stereocenters. The Morgan fingerprint density at radius 3 is 2.48 bits per heavy atom. The highest BCUT2D eigenvalue weighted by Gasteiger charge is 2.13. The molecule has 0 amide bonds. The van der Waals surface area contributed by atoms with E-state index < -0.39 is 0 Å². The van der Waals surface area contributed by atoms with Gasteiger partial charge in [0.2, 0.25) is 0 Å². The van der Waals surface area contributed by atoms with Crippen LogP contribution in [0.25, 0.3) is 5.69 Å². The lowest BCUT2D eigenvalue weighted by Crippen LogP contribution is -2.30. The Labute approximate surface area is 200 Å². The van der Waals surface area contributed by atoms with Crippen molar-refractivity contribution in [1.82, 2.24) is 15.1 Å². The summed E-state index contributed by atoms with van der Waals surface area (Å²) in [5.41, 5.74) is 5.15. The van der Waals surface area contributed by atoms with Crippen LogP contribution < -0.4 is 20.1 Å². The fourth-order valence-electron chi connectivity index (χ4n) is 3.26. The molecule has 8 heteroatoms. The monoisotopic (exact) mass is 535 g/mol. The van der Waals surface area contributed by atoms with Crippen molar-refractivity contribution in [3.05, 3.63) is 65.5 Å². The number of nitrogens with zero attached hydrogens (tertiary/aromatic N) is 3. The fourth-order valence-corrected chi connectivity index (χ4v) is 3.26. The molecular formula is C23H30IN5O2. The van der Waals surface area contributed by atoms with Gasteiger partial charge in [-0.3, -0.25) is 4.99 Å². The van der Waals surface area contributed by atoms with Crippen molar-refractivity contribution in [3.63, 3.8) is 0 Å². The zero-order valence-electron chi connectivity index (χ0n) is 18.6. The first-order valence-corrected chi connectivity index (χ1v) is 9.96. The summed E-state index contributed by atoms with van der Waals surface area (Å²) in [6.07, 6.45) is 0. The third kappa shape index (κ3) is 5.90. The minimum absolute atomic E-state index is 0. The number of hydrogen-bond acceptors (Lipinski definition) is 4. The molecule has 7 nitrogen and oxygen atoms in total. The van der Waals surface area contributed by atoms with E-state index in [-0.39, 0.29) is 24.0 Å². The smallest absolute Gasteiger partial charge is 0.195 e. The molecule has 0 aliphatic heterocycles. The van der Waals surface area contributed by atoms with Crippen LogP contribution in [0, 0.1) is 13.8 Å². The second-order valence-corrected chi connectivity index (χ2v) is 6.75. The molecule has 0 saturated heterocycles. The van der Waals surface area contributed by atoms with Crippen LogP contribution in [0.1, 0.15) is 23.9 Å². The van der Waals surface area contributed by atoms with Crippen molar-refractivity contribution in [2.75, 3.05) is 26.1 Å². The molecule has 0 bridgehead atoms. The number of methoxy groups -OCH3 is 1. The average molecular weight is 535 g/mol. The molecule has 2 N–H and O–H groups in total. The van der Waals surface area contributed by atoms with E-state index in [1.807, 2.05) is 54.9 Å². The number of ether oxygens (including phenoxy) is 2. The SMILES string of the molecule is CCOc1cc(NC(=NC)NCc2c(C)nn(-c3ccccc3)c2C)ccc1OC.I. The van der Waals surface area contributed by atoms with Gasteiger partial charge in [0, 0.05) is 36.6 Å². The Hall–Kier alpha value is -2.75. The summed E-state index contributed by atoms with van der Waals surface area (Å²) in [6, 6.07) is 15.8. The summed E-state index contributed by atoms with van der Waals surface area (Å²) in [5, 5.41) is 11.4. The maximum atomic E-state index is 5.65. The normalized spacial score (nSPS) is 10.9. The van der Waals surface area contributed by atoms with Gasteiger partial charge in [0.1, 0.15) is 0 Å². The predicted octanol–water partition coefficient (Wildman–Crippen LogP) is 4.70. The maximum absolute atomic E-state index is 5.65. The standard InChI is InChI=1S/C23H29N5O2.HI/c1-6-30-22-14-18(12-13-21(22)29-5)26-23(24-4)25-15-20-16(2)27-28(17(20)3)19-10-8-7-9-11-19;/h7-14H,6,15H2,1-5H3,(H2,24,25,26);1H. The van der Waals surface area contributed by atoms with E-state index >= 15 is 0 Å². The van der Waals surface area contributed by atoms with E-state index in [9.17, 15) is 0 Å². The maximum Gasteiger partial charge on any atom is 0.195 e. The lowest BCUT2D eigenvalue weighted by atomic mass is 10.2. The highest BCUT2D eigenvalue weighted by molar-refractivity contribution is 14.0. The van der Waals surface area contributed by atoms with E-state index in [0.717, 1.165) is 28.3 Å². The van der Waals surface area contributed by atoms with Crippen molar-refractivity contribution in [2.45, 2.75) is 27.3 Å². The molecule has 1 heterocycles. The van der Waals surface area contributed by atoms with E-state index in [4.69, 9.17) is 14.6 Å². The summed E-state index contributed by atoms with van der Waals surface area (Å²) >= 11 is 0. The molecule has 0 atom stereocenters. The molecular weight excluding hydrogens is 505 g/mol. The Balaban J connectivity index is 0.00000341. The van der Waals surface area contributed by atoms with Crippen LogP contribution in [-0.4, -0.2) is 36.5 Å². The quantitative estimate of drug-likeness (QED) is 0.261. The van der Waals surface area contributed by atoms with Gasteiger partial charge in [-0.25, -0.2) is 4.68 Å². The van der Waals surface area contributed by atoms with Crippen LogP contribution in [0.3, 0.4) is 0 Å². The first-order valence-electron chi connectivity index (χ1n) is 9.96. The Morgan fingerprint density at radius 2 is 1.84 bits per heavy atom. The summed E-state index contributed by atoms with van der Waals surface area (Å²) in [5.74, 6) is 2.05. The van der Waals surface area contributed by atoms with Crippen molar-refractivity contribution in [2.24, 2.45) is 4.99 Å². The zero-order valence-corrected chi connectivity index (χ0v) is 20.9. The lowest BCUT2D eigenvalue weighted by Gasteiger charge is -2.15. The highest BCUT2D eigenvalue weighted by Crippen LogP contribution is 2.30. The number of benzene rings is 2. The van der Waals surface area contributed by atoms with Crippen LogP contribution in [0.5, 0.6) is 11.5 Å². The average Bonchev–Trinajstić information content (AvgIpc) is 3.05. The fraction of sp³-hybridized carbons (Fsp3) is 0.304. The Morgan fingerprint density at radius 1 is 1.10 bits per heavy atom. The number of para-hydroxylation sites is 1. The molecule has 1 aromatic heterocycles. The van der Waals surface area contributed by atoms with Gasteiger partial charge in [-0.05, 0) is 45.0 Å². The zero-order chi connectivity index (χ0) is 21.5. The van der Waals surface area contributed by atoms with Crippen LogP contribution in [0.2, 0.25) is 0 Å². The van der Waals surface area contributed by atoms with Crippen molar-refractivity contribution in [3.8, 4) is 17.2 Å². The predicted molar refractivity (Wildman–Crippen MR) is 136 cm³/mol. The number of aryl methyl sites for hydroxylation is 1. The molecule has 0 aliphatic rings. The number of anilines is 1. The molecule has 0 fully saturated rings. The molecule has 0 saturated carbocycles. The lowest BCUT2D eigenvalue weighted by molar-refractivity contribution is 0.311. The van der Waals surface area contributed by atoms with E-state index in [0.29, 0.717) is 30.6 Å². The number of guanidine groups is 1. The van der Waals surface area contributed by atoms with Gasteiger partial charge in [0.05, 0.1) is 25.1 Å². The summed E-state index contributed by atoms with van der Waals surface area (Å²) in [6.45, 7) is 7.23. The third-order valence-electron chi connectivity index (χ3n) is 4.82. The molecule has 3 aromatic rings. The summed E-state index contributed by atoms with van der Waals surface area (Å²) in [7, 11) is 3.38. The third-order valence-corrected chi connectivity index (χ3v) is 4.82. The van der Waals surface area contributed by atoms with Gasteiger partial charge in [-0.2, -0.15) is 5.10 Å². The highest BCUT2D eigenvalue weighted by atomic mass is 127. The topological polar surface area (TPSA) is 72.7 Å². The molecule has 31 heavy (non-hydrogen) atoms. The largest absolute Gasteiger partial charge is 0.493 e. The second-order valence-electron chi connectivity index (χ2n) is 6.75. The van der Waals surface area contributed by atoms with Crippen LogP contribution >= 0.6 is 24.0 Å². The van der Waals surface area contributed by atoms with Crippen molar-refractivity contribution in [1.29, 1.82) is 0 Å². The molecule has 0 radical (unpaired) electrons. The number of aromatic nitrogens is 2. The molecule has 166 valence electrons. The molecule has 2 aromatic carbocycles. The first-order chi connectivity index (χ1) is 14.6. The van der Waals surface area contributed by atoms with Crippen molar-refractivity contribution < 1.29 is 9.47 Å². The van der Waals surface area contributed by atoms with E-state index in [1.165, 1.54) is 0 Å². The van der Waals surface area contributed by atoms with Gasteiger partial charge in [-0.15, -0.1) is 24.0 Å². The van der Waals surface area contributed by atoms with Gasteiger partial charge >= 0.3 is 0 Å². The van der Waals surface area contributed by atoms with Crippen molar-refractivity contribution >= 4 is 35.6 Å². The number of hydrogen-bond donors (Lipinski definition) is 2. The first kappa shape index (κ1) is 24.5. The van der Waals surface area contributed by atoms with Gasteiger partial charge in [0.25, 0.3) is 0 Å². The minimum Gasteiger partial charge on any atom is -0.493 e. The van der Waals surface area contributed by atoms with Crippen LogP contribution in [0.4, 0.5) is 5.69 Å².